The predicted octanol–water partition coefficient (Wildman–Crippen LogP) is 2.56. The summed E-state index contributed by atoms with van der Waals surface area (Å²) in [7, 11) is 3.05. The maximum Gasteiger partial charge on any atom is 0.406 e. The summed E-state index contributed by atoms with van der Waals surface area (Å²) in [6, 6.07) is 6.00. The van der Waals surface area contributed by atoms with E-state index in [2.05, 4.69) is 15.0 Å². The van der Waals surface area contributed by atoms with E-state index < -0.39 is 0 Å². The van der Waals surface area contributed by atoms with Gasteiger partial charge in [0.2, 0.25) is 0 Å². The number of fused-ring (bicyclic) bond motifs is 1. The molecular formula is C15H18N2O3. The molecule has 1 aliphatic rings. The minimum absolute atomic E-state index is 0.0266. The second kappa shape index (κ2) is 4.74. The Hall–Kier alpha value is -2.17. The zero-order chi connectivity index (χ0) is 14.2. The number of rotatable bonds is 4. The number of carbonyl (C=O) groups is 1. The highest BCUT2D eigenvalue weighted by atomic mass is 16.5. The van der Waals surface area contributed by atoms with Gasteiger partial charge >= 0.3 is 6.09 Å². The molecule has 1 aromatic heterocycles. The molecule has 1 heterocycles. The van der Waals surface area contributed by atoms with Gasteiger partial charge in [0, 0.05) is 29.1 Å². The number of hydrogen-bond donors (Lipinski definition) is 2. The Morgan fingerprint density at radius 2 is 2.20 bits per heavy atom. The molecule has 2 N–H and O–H groups in total. The highest BCUT2D eigenvalue weighted by Crippen LogP contribution is 2.50. The molecule has 20 heavy (non-hydrogen) atoms. The number of methoxy groups -OCH3 is 2. The number of aromatic amines is 1. The summed E-state index contributed by atoms with van der Waals surface area (Å²) >= 11 is 0. The van der Waals surface area contributed by atoms with Crippen molar-refractivity contribution in [3.8, 4) is 5.75 Å². The second-order valence-corrected chi connectivity index (χ2v) is 5.24. The zero-order valence-corrected chi connectivity index (χ0v) is 11.7. The molecule has 0 radical (unpaired) electrons. The van der Waals surface area contributed by atoms with E-state index in [1.165, 1.54) is 12.7 Å². The topological polar surface area (TPSA) is 63.3 Å². The summed E-state index contributed by atoms with van der Waals surface area (Å²) in [6.07, 6.45) is 3.80. The van der Waals surface area contributed by atoms with Crippen molar-refractivity contribution < 1.29 is 14.3 Å². The van der Waals surface area contributed by atoms with Crippen LogP contribution < -0.4 is 10.1 Å². The smallest absolute Gasteiger partial charge is 0.406 e. The van der Waals surface area contributed by atoms with Crippen LogP contribution in [0.25, 0.3) is 10.9 Å². The van der Waals surface area contributed by atoms with Crippen LogP contribution in [-0.4, -0.2) is 31.8 Å². The summed E-state index contributed by atoms with van der Waals surface area (Å²) in [5, 5.41) is 3.97. The quantitative estimate of drug-likeness (QED) is 0.900. The Morgan fingerprint density at radius 1 is 1.40 bits per heavy atom. The zero-order valence-electron chi connectivity index (χ0n) is 11.7. The van der Waals surface area contributed by atoms with Gasteiger partial charge in [-0.2, -0.15) is 0 Å². The molecular weight excluding hydrogens is 256 g/mol. The van der Waals surface area contributed by atoms with Gasteiger partial charge in [-0.25, -0.2) is 4.79 Å². The van der Waals surface area contributed by atoms with Crippen LogP contribution >= 0.6 is 0 Å². The summed E-state index contributed by atoms with van der Waals surface area (Å²) in [4.78, 5) is 14.5. The highest BCUT2D eigenvalue weighted by molar-refractivity contribution is 5.86. The summed E-state index contributed by atoms with van der Waals surface area (Å²) in [6.45, 7) is 0.601. The lowest BCUT2D eigenvalue weighted by Gasteiger charge is -2.15. The number of H-pyrrole nitrogens is 1. The first-order chi connectivity index (χ1) is 9.68. The molecule has 1 aromatic carbocycles. The molecule has 1 amide bonds. The third-order valence-electron chi connectivity index (χ3n) is 4.07. The molecule has 1 aliphatic carbocycles. The van der Waals surface area contributed by atoms with Gasteiger partial charge in [-0.15, -0.1) is 0 Å². The van der Waals surface area contributed by atoms with Gasteiger partial charge in [0.25, 0.3) is 0 Å². The van der Waals surface area contributed by atoms with Gasteiger partial charge < -0.3 is 19.8 Å². The second-order valence-electron chi connectivity index (χ2n) is 5.24. The van der Waals surface area contributed by atoms with E-state index in [9.17, 15) is 4.79 Å². The number of hydrogen-bond acceptors (Lipinski definition) is 3. The fourth-order valence-corrected chi connectivity index (χ4v) is 2.67. The molecule has 0 atom stereocenters. The normalized spacial score (nSPS) is 15.9. The van der Waals surface area contributed by atoms with Crippen LogP contribution in [0, 0.1) is 0 Å². The van der Waals surface area contributed by atoms with Gasteiger partial charge in [0.1, 0.15) is 5.75 Å². The monoisotopic (exact) mass is 274 g/mol. The number of benzene rings is 1. The Morgan fingerprint density at radius 3 is 2.85 bits per heavy atom. The largest absolute Gasteiger partial charge is 0.497 e. The number of alkyl carbamates (subject to hydrolysis) is 1. The number of aromatic nitrogens is 1. The number of nitrogens with one attached hydrogen (secondary N) is 2. The Balaban J connectivity index is 1.91. The molecule has 1 saturated carbocycles. The van der Waals surface area contributed by atoms with E-state index in [0.717, 1.165) is 29.5 Å². The third-order valence-corrected chi connectivity index (χ3v) is 4.07. The van der Waals surface area contributed by atoms with Gasteiger partial charge in [-0.3, -0.25) is 0 Å². The maximum atomic E-state index is 11.3. The molecule has 0 spiro atoms. The number of ether oxygens (including phenoxy) is 2. The van der Waals surface area contributed by atoms with Crippen molar-refractivity contribution >= 4 is 17.0 Å². The average molecular weight is 274 g/mol. The van der Waals surface area contributed by atoms with Crippen molar-refractivity contribution in [2.45, 2.75) is 18.3 Å². The summed E-state index contributed by atoms with van der Waals surface area (Å²) in [5.41, 5.74) is 2.35. The Kier molecular flexibility index (Phi) is 3.04. The van der Waals surface area contributed by atoms with E-state index in [-0.39, 0.29) is 11.5 Å². The van der Waals surface area contributed by atoms with Crippen LogP contribution in [-0.2, 0) is 10.2 Å². The van der Waals surface area contributed by atoms with Crippen molar-refractivity contribution in [1.82, 2.24) is 10.3 Å². The van der Waals surface area contributed by atoms with E-state index in [1.54, 1.807) is 7.11 Å². The van der Waals surface area contributed by atoms with E-state index in [0.29, 0.717) is 6.54 Å². The average Bonchev–Trinajstić information content (AvgIpc) is 3.15. The first kappa shape index (κ1) is 12.8. The molecule has 3 rings (SSSR count). The van der Waals surface area contributed by atoms with Crippen LogP contribution in [0.3, 0.4) is 0 Å². The van der Waals surface area contributed by atoms with Crippen molar-refractivity contribution in [3.63, 3.8) is 0 Å². The van der Waals surface area contributed by atoms with E-state index in [4.69, 9.17) is 4.74 Å². The van der Waals surface area contributed by atoms with Gasteiger partial charge in [-0.05, 0) is 36.6 Å². The molecule has 2 aromatic rings. The van der Waals surface area contributed by atoms with Gasteiger partial charge in [-0.1, -0.05) is 0 Å². The van der Waals surface area contributed by atoms with Crippen LogP contribution in [0.5, 0.6) is 5.75 Å². The van der Waals surface area contributed by atoms with Crippen LogP contribution in [0.15, 0.2) is 24.4 Å². The lowest BCUT2D eigenvalue weighted by molar-refractivity contribution is 0.170. The highest BCUT2D eigenvalue weighted by Gasteiger charge is 2.46. The van der Waals surface area contributed by atoms with Crippen LogP contribution in [0.2, 0.25) is 0 Å². The van der Waals surface area contributed by atoms with E-state index >= 15 is 0 Å². The first-order valence-electron chi connectivity index (χ1n) is 6.66. The molecule has 0 unspecified atom stereocenters. The lowest BCUT2D eigenvalue weighted by Crippen LogP contribution is -2.31. The van der Waals surface area contributed by atoms with Crippen molar-refractivity contribution in [1.29, 1.82) is 0 Å². The number of carbonyl (C=O) groups excluding carboxylic acids is 1. The molecule has 106 valence electrons. The SMILES string of the molecule is COC(=O)NCC1(c2c[nH]c3ccc(OC)cc23)CC1. The molecule has 0 saturated heterocycles. The minimum Gasteiger partial charge on any atom is -0.497 e. The van der Waals surface area contributed by atoms with Crippen LogP contribution in [0.1, 0.15) is 18.4 Å². The van der Waals surface area contributed by atoms with Crippen molar-refractivity contribution in [2.24, 2.45) is 0 Å². The summed E-state index contributed by atoms with van der Waals surface area (Å²) < 4.78 is 9.93. The fourth-order valence-electron chi connectivity index (χ4n) is 2.67. The van der Waals surface area contributed by atoms with Gasteiger partial charge in [0.15, 0.2) is 0 Å². The Labute approximate surface area is 117 Å². The Bertz CT molecular complexity index is 644. The van der Waals surface area contributed by atoms with Crippen molar-refractivity contribution in [3.05, 3.63) is 30.0 Å². The molecule has 0 bridgehead atoms. The minimum atomic E-state index is -0.381. The lowest BCUT2D eigenvalue weighted by atomic mass is 9.95. The van der Waals surface area contributed by atoms with Crippen molar-refractivity contribution in [2.75, 3.05) is 20.8 Å². The molecule has 0 aliphatic heterocycles. The van der Waals surface area contributed by atoms with E-state index in [1.807, 2.05) is 24.4 Å². The number of amides is 1. The maximum absolute atomic E-state index is 11.3. The first-order valence-corrected chi connectivity index (χ1v) is 6.66. The standard InChI is InChI=1S/C15H18N2O3/c1-19-10-3-4-13-11(7-10)12(8-16-13)15(5-6-15)9-17-14(18)20-2/h3-4,7-8,16H,5-6,9H2,1-2H3,(H,17,18). The third kappa shape index (κ3) is 2.09. The van der Waals surface area contributed by atoms with Gasteiger partial charge in [0.05, 0.1) is 14.2 Å². The predicted molar refractivity (Wildman–Crippen MR) is 76.2 cm³/mol. The fraction of sp³-hybridized carbons (Fsp3) is 0.400. The van der Waals surface area contributed by atoms with Crippen LogP contribution in [0.4, 0.5) is 4.79 Å². The molecule has 5 heteroatoms. The molecule has 1 fully saturated rings. The summed E-state index contributed by atoms with van der Waals surface area (Å²) in [5.74, 6) is 0.843. The molecule has 5 nitrogen and oxygen atoms in total.